The molecule has 0 spiro atoms. The Balaban J connectivity index is 1.72. The quantitative estimate of drug-likeness (QED) is 0.194. The molecule has 0 heterocycles. The Morgan fingerprint density at radius 2 is 1.32 bits per heavy atom. The third kappa shape index (κ3) is 15.8. The molecule has 0 aliphatic heterocycles. The number of hydrogen-bond acceptors (Lipinski definition) is 4. The molecule has 0 fully saturated rings. The lowest BCUT2D eigenvalue weighted by Crippen LogP contribution is -2.39. The minimum Gasteiger partial charge on any atom is -0.492 e. The molecule has 0 saturated heterocycles. The molecule has 0 atom stereocenters. The lowest BCUT2D eigenvalue weighted by Gasteiger charge is -2.32. The van der Waals surface area contributed by atoms with Crippen LogP contribution >= 0.6 is 0 Å². The molecular weight excluding hydrogens is 492 g/mol. The molecule has 2 aromatic rings. The SMILES string of the molecule is CC(C)(C)COCCc1ccc(CNC(C)(C)CCC(C)(C)CCc2cccc(OCCNC(C)(C)C)c2)cc1. The van der Waals surface area contributed by atoms with Crippen molar-refractivity contribution in [2.24, 2.45) is 10.8 Å². The molecule has 0 amide bonds. The van der Waals surface area contributed by atoms with E-state index in [1.54, 1.807) is 0 Å². The van der Waals surface area contributed by atoms with Crippen LogP contribution in [0.4, 0.5) is 0 Å². The van der Waals surface area contributed by atoms with Crippen molar-refractivity contribution in [3.8, 4) is 5.75 Å². The second-order valence-corrected chi connectivity index (χ2v) is 15.3. The van der Waals surface area contributed by atoms with Gasteiger partial charge in [0.1, 0.15) is 12.4 Å². The second-order valence-electron chi connectivity index (χ2n) is 15.3. The zero-order chi connectivity index (χ0) is 29.9. The number of rotatable bonds is 17. The molecule has 0 aromatic heterocycles. The maximum atomic E-state index is 5.99. The van der Waals surface area contributed by atoms with E-state index in [9.17, 15) is 0 Å². The molecule has 0 bridgehead atoms. The van der Waals surface area contributed by atoms with Crippen LogP contribution in [0.1, 0.15) is 105 Å². The summed E-state index contributed by atoms with van der Waals surface area (Å²) in [5.74, 6) is 0.971. The average Bonchev–Trinajstić information content (AvgIpc) is 2.86. The fourth-order valence-corrected chi connectivity index (χ4v) is 4.47. The van der Waals surface area contributed by atoms with Crippen LogP contribution in [0.3, 0.4) is 0 Å². The van der Waals surface area contributed by atoms with Crippen LogP contribution in [-0.2, 0) is 24.1 Å². The summed E-state index contributed by atoms with van der Waals surface area (Å²) in [6.45, 7) is 26.7. The number of nitrogens with one attached hydrogen (secondary N) is 2. The standard InChI is InChI=1S/C36H60N2O2/c1-33(2,3)28-39-24-19-29-14-16-31(17-15-29)27-38-36(9,10)22-21-35(7,8)20-18-30-12-11-13-32(26-30)40-25-23-37-34(4,5)6/h11-17,26,37-38H,18-25,27-28H2,1-10H3. The molecule has 226 valence electrons. The van der Waals surface area contributed by atoms with E-state index in [2.05, 4.69) is 128 Å². The van der Waals surface area contributed by atoms with Gasteiger partial charge >= 0.3 is 0 Å². The van der Waals surface area contributed by atoms with Crippen molar-refractivity contribution in [2.45, 2.75) is 119 Å². The van der Waals surface area contributed by atoms with Crippen molar-refractivity contribution in [3.63, 3.8) is 0 Å². The van der Waals surface area contributed by atoms with Crippen LogP contribution in [0, 0.1) is 10.8 Å². The summed E-state index contributed by atoms with van der Waals surface area (Å²) in [6, 6.07) is 17.6. The summed E-state index contributed by atoms with van der Waals surface area (Å²) in [6.07, 6.45) is 5.55. The van der Waals surface area contributed by atoms with Gasteiger partial charge in [-0.1, -0.05) is 71.0 Å². The van der Waals surface area contributed by atoms with E-state index in [1.807, 2.05) is 0 Å². The summed E-state index contributed by atoms with van der Waals surface area (Å²) >= 11 is 0. The Morgan fingerprint density at radius 3 is 1.98 bits per heavy atom. The summed E-state index contributed by atoms with van der Waals surface area (Å²) in [5.41, 5.74) is 4.75. The highest BCUT2D eigenvalue weighted by Gasteiger charge is 2.24. The average molecular weight is 553 g/mol. The Hall–Kier alpha value is -1.88. The fourth-order valence-electron chi connectivity index (χ4n) is 4.47. The minimum absolute atomic E-state index is 0.0889. The molecule has 0 aliphatic carbocycles. The van der Waals surface area contributed by atoms with Crippen LogP contribution in [0.5, 0.6) is 5.75 Å². The lowest BCUT2D eigenvalue weighted by atomic mass is 9.79. The predicted molar refractivity (Wildman–Crippen MR) is 172 cm³/mol. The van der Waals surface area contributed by atoms with Gasteiger partial charge in [-0.25, -0.2) is 0 Å². The number of aryl methyl sites for hydroxylation is 1. The van der Waals surface area contributed by atoms with Crippen LogP contribution in [0.25, 0.3) is 0 Å². The molecule has 40 heavy (non-hydrogen) atoms. The largest absolute Gasteiger partial charge is 0.492 e. The number of ether oxygens (including phenoxy) is 2. The van der Waals surface area contributed by atoms with E-state index < -0.39 is 0 Å². The summed E-state index contributed by atoms with van der Waals surface area (Å²) in [4.78, 5) is 0. The lowest BCUT2D eigenvalue weighted by molar-refractivity contribution is 0.0733. The highest BCUT2D eigenvalue weighted by molar-refractivity contribution is 5.28. The molecule has 2 N–H and O–H groups in total. The first-order valence-corrected chi connectivity index (χ1v) is 15.4. The summed E-state index contributed by atoms with van der Waals surface area (Å²) in [7, 11) is 0. The maximum Gasteiger partial charge on any atom is 0.119 e. The minimum atomic E-state index is 0.0889. The van der Waals surface area contributed by atoms with Crippen LogP contribution in [-0.4, -0.2) is 37.4 Å². The van der Waals surface area contributed by atoms with Gasteiger partial charge in [-0.2, -0.15) is 0 Å². The van der Waals surface area contributed by atoms with Gasteiger partial charge in [0.05, 0.1) is 13.2 Å². The van der Waals surface area contributed by atoms with E-state index in [4.69, 9.17) is 9.47 Å². The third-order valence-corrected chi connectivity index (χ3v) is 7.31. The smallest absolute Gasteiger partial charge is 0.119 e. The molecule has 0 radical (unpaired) electrons. The van der Waals surface area contributed by atoms with Crippen molar-refractivity contribution < 1.29 is 9.47 Å². The van der Waals surface area contributed by atoms with E-state index in [0.717, 1.165) is 51.3 Å². The van der Waals surface area contributed by atoms with E-state index in [0.29, 0.717) is 6.61 Å². The number of hydrogen-bond donors (Lipinski definition) is 2. The topological polar surface area (TPSA) is 42.5 Å². The van der Waals surface area contributed by atoms with Gasteiger partial charge in [0.15, 0.2) is 0 Å². The van der Waals surface area contributed by atoms with Crippen molar-refractivity contribution in [2.75, 3.05) is 26.4 Å². The summed E-state index contributed by atoms with van der Waals surface area (Å²) < 4.78 is 11.8. The first-order valence-electron chi connectivity index (χ1n) is 15.4. The maximum absolute atomic E-state index is 5.99. The highest BCUT2D eigenvalue weighted by Crippen LogP contribution is 2.32. The van der Waals surface area contributed by atoms with Crippen LogP contribution in [0.2, 0.25) is 0 Å². The molecule has 2 rings (SSSR count). The Morgan fingerprint density at radius 1 is 0.650 bits per heavy atom. The second kappa shape index (κ2) is 15.4. The predicted octanol–water partition coefficient (Wildman–Crippen LogP) is 8.37. The van der Waals surface area contributed by atoms with Gasteiger partial charge in [0, 0.05) is 24.2 Å². The summed E-state index contributed by atoms with van der Waals surface area (Å²) in [5, 5.41) is 7.28. The number of benzene rings is 2. The first kappa shape index (κ1) is 34.3. The Labute approximate surface area is 247 Å². The molecule has 4 heteroatoms. The van der Waals surface area contributed by atoms with E-state index >= 15 is 0 Å². The first-order chi connectivity index (χ1) is 18.5. The Kier molecular flexibility index (Phi) is 13.2. The zero-order valence-electron chi connectivity index (χ0n) is 27.5. The molecule has 0 aliphatic rings. The van der Waals surface area contributed by atoms with Gasteiger partial charge in [-0.3, -0.25) is 0 Å². The van der Waals surface area contributed by atoms with Gasteiger partial charge in [-0.15, -0.1) is 0 Å². The normalized spacial score (nSPS) is 13.1. The van der Waals surface area contributed by atoms with Gasteiger partial charge < -0.3 is 20.1 Å². The molecule has 0 unspecified atom stereocenters. The van der Waals surface area contributed by atoms with Crippen LogP contribution in [0.15, 0.2) is 48.5 Å². The van der Waals surface area contributed by atoms with Gasteiger partial charge in [0.25, 0.3) is 0 Å². The monoisotopic (exact) mass is 552 g/mol. The molecular formula is C36H60N2O2. The van der Waals surface area contributed by atoms with Crippen molar-refractivity contribution in [3.05, 3.63) is 65.2 Å². The van der Waals surface area contributed by atoms with Crippen LogP contribution < -0.4 is 15.4 Å². The van der Waals surface area contributed by atoms with Crippen molar-refractivity contribution >= 4 is 0 Å². The highest BCUT2D eigenvalue weighted by atomic mass is 16.5. The molecule has 2 aromatic carbocycles. The third-order valence-electron chi connectivity index (χ3n) is 7.31. The van der Waals surface area contributed by atoms with Crippen molar-refractivity contribution in [1.82, 2.24) is 10.6 Å². The fraction of sp³-hybridized carbons (Fsp3) is 0.667. The van der Waals surface area contributed by atoms with Gasteiger partial charge in [-0.05, 0) is 106 Å². The molecule has 4 nitrogen and oxygen atoms in total. The molecule has 0 saturated carbocycles. The Bertz CT molecular complexity index is 981. The van der Waals surface area contributed by atoms with E-state index in [-0.39, 0.29) is 21.9 Å². The zero-order valence-corrected chi connectivity index (χ0v) is 27.5. The van der Waals surface area contributed by atoms with Gasteiger partial charge in [0.2, 0.25) is 0 Å². The van der Waals surface area contributed by atoms with E-state index in [1.165, 1.54) is 29.5 Å². The van der Waals surface area contributed by atoms with Crippen molar-refractivity contribution in [1.29, 1.82) is 0 Å².